The number of nitrogens with one attached hydrogen (secondary N) is 1. The first-order chi connectivity index (χ1) is 9.70. The third-order valence-corrected chi connectivity index (χ3v) is 3.88. The Bertz CT molecular complexity index is 413. The van der Waals surface area contributed by atoms with Crippen molar-refractivity contribution in [3.8, 4) is 0 Å². The van der Waals surface area contributed by atoms with E-state index < -0.39 is 0 Å². The standard InChI is InChI=1S/C16H25N3O/c1-3-11-19(15-9-12-18(2)13-10-15)16(20)17-14-7-5-4-6-8-14/h4-8,15H,3,9-13H2,1-2H3,(H,17,20). The van der Waals surface area contributed by atoms with Crippen LogP contribution in [0.15, 0.2) is 30.3 Å². The van der Waals surface area contributed by atoms with Gasteiger partial charge < -0.3 is 15.1 Å². The van der Waals surface area contributed by atoms with Gasteiger partial charge in [0, 0.05) is 18.3 Å². The number of likely N-dealkylation sites (tertiary alicyclic amines) is 1. The molecule has 1 aromatic carbocycles. The van der Waals surface area contributed by atoms with Crippen molar-refractivity contribution in [1.29, 1.82) is 0 Å². The first-order valence-electron chi connectivity index (χ1n) is 7.52. The molecule has 1 heterocycles. The lowest BCUT2D eigenvalue weighted by Crippen LogP contribution is -2.48. The van der Waals surface area contributed by atoms with Crippen LogP contribution in [0.5, 0.6) is 0 Å². The van der Waals surface area contributed by atoms with Crippen LogP contribution < -0.4 is 5.32 Å². The number of nitrogens with zero attached hydrogens (tertiary/aromatic N) is 2. The molecule has 1 aliphatic rings. The molecule has 1 N–H and O–H groups in total. The molecule has 2 amide bonds. The quantitative estimate of drug-likeness (QED) is 0.917. The van der Waals surface area contributed by atoms with Gasteiger partial charge in [-0.15, -0.1) is 0 Å². The van der Waals surface area contributed by atoms with Crippen molar-refractivity contribution in [3.63, 3.8) is 0 Å². The number of rotatable bonds is 4. The van der Waals surface area contributed by atoms with Gasteiger partial charge in [-0.25, -0.2) is 4.79 Å². The van der Waals surface area contributed by atoms with Gasteiger partial charge in [-0.05, 0) is 51.5 Å². The molecule has 0 saturated carbocycles. The van der Waals surface area contributed by atoms with E-state index in [1.165, 1.54) is 0 Å². The lowest BCUT2D eigenvalue weighted by Gasteiger charge is -2.37. The molecule has 1 aliphatic heterocycles. The molecule has 1 aromatic rings. The zero-order chi connectivity index (χ0) is 14.4. The largest absolute Gasteiger partial charge is 0.322 e. The van der Waals surface area contributed by atoms with Crippen LogP contribution in [-0.4, -0.2) is 48.6 Å². The van der Waals surface area contributed by atoms with E-state index in [1.807, 2.05) is 35.2 Å². The average Bonchev–Trinajstić information content (AvgIpc) is 2.47. The van der Waals surface area contributed by atoms with Crippen LogP contribution in [0.1, 0.15) is 26.2 Å². The molecule has 0 bridgehead atoms. The monoisotopic (exact) mass is 275 g/mol. The van der Waals surface area contributed by atoms with Gasteiger partial charge in [0.05, 0.1) is 0 Å². The van der Waals surface area contributed by atoms with Gasteiger partial charge >= 0.3 is 6.03 Å². The highest BCUT2D eigenvalue weighted by atomic mass is 16.2. The molecule has 4 heteroatoms. The third-order valence-electron chi connectivity index (χ3n) is 3.88. The van der Waals surface area contributed by atoms with Crippen molar-refractivity contribution in [2.75, 3.05) is 32.0 Å². The van der Waals surface area contributed by atoms with E-state index >= 15 is 0 Å². The molecule has 0 aromatic heterocycles. The summed E-state index contributed by atoms with van der Waals surface area (Å²) < 4.78 is 0. The summed E-state index contributed by atoms with van der Waals surface area (Å²) in [5.74, 6) is 0. The predicted octanol–water partition coefficient (Wildman–Crippen LogP) is 3.02. The maximum absolute atomic E-state index is 12.5. The summed E-state index contributed by atoms with van der Waals surface area (Å²) in [7, 11) is 2.14. The minimum atomic E-state index is 0.0348. The highest BCUT2D eigenvalue weighted by Gasteiger charge is 2.26. The van der Waals surface area contributed by atoms with Crippen LogP contribution in [0.3, 0.4) is 0 Å². The summed E-state index contributed by atoms with van der Waals surface area (Å²) in [5.41, 5.74) is 0.867. The number of carbonyl (C=O) groups is 1. The second kappa shape index (κ2) is 7.29. The molecular weight excluding hydrogens is 250 g/mol. The Morgan fingerprint density at radius 2 is 1.95 bits per heavy atom. The van der Waals surface area contributed by atoms with Crippen molar-refractivity contribution in [3.05, 3.63) is 30.3 Å². The molecule has 2 rings (SSSR count). The van der Waals surface area contributed by atoms with Gasteiger partial charge in [0.15, 0.2) is 0 Å². The van der Waals surface area contributed by atoms with E-state index in [9.17, 15) is 4.79 Å². The number of anilines is 1. The second-order valence-electron chi connectivity index (χ2n) is 5.52. The van der Waals surface area contributed by atoms with E-state index in [1.54, 1.807) is 0 Å². The molecule has 4 nitrogen and oxygen atoms in total. The van der Waals surface area contributed by atoms with Gasteiger partial charge in [0.1, 0.15) is 0 Å². The van der Waals surface area contributed by atoms with Gasteiger partial charge in [0.25, 0.3) is 0 Å². The highest BCUT2D eigenvalue weighted by Crippen LogP contribution is 2.17. The molecule has 0 unspecified atom stereocenters. The Kier molecular flexibility index (Phi) is 5.41. The van der Waals surface area contributed by atoms with E-state index in [2.05, 4.69) is 24.2 Å². The molecule has 0 spiro atoms. The van der Waals surface area contributed by atoms with Gasteiger partial charge in [-0.3, -0.25) is 0 Å². The molecule has 0 atom stereocenters. The average molecular weight is 275 g/mol. The number of hydrogen-bond acceptors (Lipinski definition) is 2. The fourth-order valence-corrected chi connectivity index (χ4v) is 2.71. The number of hydrogen-bond donors (Lipinski definition) is 1. The zero-order valence-electron chi connectivity index (χ0n) is 12.5. The van der Waals surface area contributed by atoms with Crippen molar-refractivity contribution in [1.82, 2.24) is 9.80 Å². The topological polar surface area (TPSA) is 35.6 Å². The number of carbonyl (C=O) groups excluding carboxylic acids is 1. The SMILES string of the molecule is CCCN(C(=O)Nc1ccccc1)C1CCN(C)CC1. The predicted molar refractivity (Wildman–Crippen MR) is 83.0 cm³/mol. The van der Waals surface area contributed by atoms with Crippen LogP contribution in [0, 0.1) is 0 Å². The summed E-state index contributed by atoms with van der Waals surface area (Å²) in [4.78, 5) is 16.8. The van der Waals surface area contributed by atoms with E-state index in [0.29, 0.717) is 6.04 Å². The lowest BCUT2D eigenvalue weighted by atomic mass is 10.0. The van der Waals surface area contributed by atoms with Crippen molar-refractivity contribution >= 4 is 11.7 Å². The summed E-state index contributed by atoms with van der Waals surface area (Å²) in [6.07, 6.45) is 3.13. The number of para-hydroxylation sites is 1. The number of amides is 2. The Morgan fingerprint density at radius 1 is 1.30 bits per heavy atom. The molecule has 20 heavy (non-hydrogen) atoms. The normalized spacial score (nSPS) is 16.9. The van der Waals surface area contributed by atoms with E-state index in [4.69, 9.17) is 0 Å². The molecule has 1 fully saturated rings. The van der Waals surface area contributed by atoms with Crippen molar-refractivity contribution < 1.29 is 4.79 Å². The first-order valence-corrected chi connectivity index (χ1v) is 7.52. The van der Waals surface area contributed by atoms with Crippen LogP contribution in [-0.2, 0) is 0 Å². The Balaban J connectivity index is 1.98. The smallest absolute Gasteiger partial charge is 0.321 e. The Labute approximate surface area is 121 Å². The van der Waals surface area contributed by atoms with E-state index in [-0.39, 0.29) is 6.03 Å². The summed E-state index contributed by atoms with van der Waals surface area (Å²) in [5, 5.41) is 3.01. The minimum absolute atomic E-state index is 0.0348. The van der Waals surface area contributed by atoms with Gasteiger partial charge in [0.2, 0.25) is 0 Å². The summed E-state index contributed by atoms with van der Waals surface area (Å²) in [6, 6.07) is 10.1. The zero-order valence-corrected chi connectivity index (χ0v) is 12.5. The van der Waals surface area contributed by atoms with Gasteiger partial charge in [-0.1, -0.05) is 25.1 Å². The van der Waals surface area contributed by atoms with Crippen LogP contribution in [0.25, 0.3) is 0 Å². The highest BCUT2D eigenvalue weighted by molar-refractivity contribution is 5.89. The van der Waals surface area contributed by atoms with Crippen molar-refractivity contribution in [2.24, 2.45) is 0 Å². The summed E-state index contributed by atoms with van der Waals surface area (Å²) in [6.45, 7) is 5.10. The maximum atomic E-state index is 12.5. The first kappa shape index (κ1) is 14.9. The van der Waals surface area contributed by atoms with Crippen molar-refractivity contribution in [2.45, 2.75) is 32.2 Å². The molecule has 0 aliphatic carbocycles. The number of piperidine rings is 1. The fourth-order valence-electron chi connectivity index (χ4n) is 2.71. The lowest BCUT2D eigenvalue weighted by molar-refractivity contribution is 0.140. The molecular formula is C16H25N3O. The molecule has 1 saturated heterocycles. The number of urea groups is 1. The van der Waals surface area contributed by atoms with Crippen LogP contribution in [0.2, 0.25) is 0 Å². The van der Waals surface area contributed by atoms with Gasteiger partial charge in [-0.2, -0.15) is 0 Å². The fraction of sp³-hybridized carbons (Fsp3) is 0.562. The minimum Gasteiger partial charge on any atom is -0.321 e. The van der Waals surface area contributed by atoms with E-state index in [0.717, 1.165) is 44.6 Å². The maximum Gasteiger partial charge on any atom is 0.322 e. The molecule has 110 valence electrons. The van der Waals surface area contributed by atoms with Crippen LogP contribution >= 0.6 is 0 Å². The Hall–Kier alpha value is -1.55. The second-order valence-corrected chi connectivity index (χ2v) is 5.52. The number of benzene rings is 1. The summed E-state index contributed by atoms with van der Waals surface area (Å²) >= 11 is 0. The molecule has 0 radical (unpaired) electrons. The third kappa shape index (κ3) is 3.97. The Morgan fingerprint density at radius 3 is 2.55 bits per heavy atom. The van der Waals surface area contributed by atoms with Crippen LogP contribution in [0.4, 0.5) is 10.5 Å².